The molecular weight excluding hydrogens is 318 g/mol. The summed E-state index contributed by atoms with van der Waals surface area (Å²) < 4.78 is 1.03. The standard InChI is InChI=1S/C15H12BrN3O/c1-9-8-10(6-7-12(9)16)18-19-14-11-4-2-3-5-13(11)17-15(14)20/h2-8,17,20H,1H3. The summed E-state index contributed by atoms with van der Waals surface area (Å²) in [4.78, 5) is 2.88. The second-order valence-electron chi connectivity index (χ2n) is 4.50. The lowest BCUT2D eigenvalue weighted by Crippen LogP contribution is -1.73. The summed E-state index contributed by atoms with van der Waals surface area (Å²) in [6.45, 7) is 1.99. The van der Waals surface area contributed by atoms with Gasteiger partial charge in [0.15, 0.2) is 5.69 Å². The third kappa shape index (κ3) is 2.32. The van der Waals surface area contributed by atoms with E-state index in [9.17, 15) is 5.11 Å². The lowest BCUT2D eigenvalue weighted by atomic mass is 10.2. The minimum atomic E-state index is 0.0313. The number of aromatic nitrogens is 1. The molecule has 1 aromatic heterocycles. The lowest BCUT2D eigenvalue weighted by molar-refractivity contribution is 0.459. The van der Waals surface area contributed by atoms with Crippen molar-refractivity contribution in [1.82, 2.24) is 4.98 Å². The summed E-state index contributed by atoms with van der Waals surface area (Å²) in [6.07, 6.45) is 0. The number of aryl methyl sites for hydroxylation is 1. The molecule has 4 nitrogen and oxygen atoms in total. The third-order valence-electron chi connectivity index (χ3n) is 3.07. The number of aromatic amines is 1. The maximum atomic E-state index is 9.89. The van der Waals surface area contributed by atoms with Gasteiger partial charge in [-0.2, -0.15) is 5.11 Å². The number of para-hydroxylation sites is 1. The Morgan fingerprint density at radius 1 is 1.10 bits per heavy atom. The van der Waals surface area contributed by atoms with Gasteiger partial charge in [-0.05, 0) is 36.8 Å². The summed E-state index contributed by atoms with van der Waals surface area (Å²) in [5, 5.41) is 19.1. The first-order chi connectivity index (χ1) is 9.65. The first kappa shape index (κ1) is 12.9. The zero-order valence-electron chi connectivity index (χ0n) is 10.8. The van der Waals surface area contributed by atoms with Gasteiger partial charge in [0, 0.05) is 9.86 Å². The Balaban J connectivity index is 2.02. The molecule has 0 atom stereocenters. The second-order valence-corrected chi connectivity index (χ2v) is 5.36. The van der Waals surface area contributed by atoms with Crippen molar-refractivity contribution in [3.8, 4) is 5.88 Å². The molecule has 3 aromatic rings. The molecule has 0 amide bonds. The van der Waals surface area contributed by atoms with Gasteiger partial charge in [0.1, 0.15) is 0 Å². The minimum absolute atomic E-state index is 0.0313. The van der Waals surface area contributed by atoms with E-state index in [1.165, 1.54) is 0 Å². The predicted octanol–water partition coefficient (Wildman–Crippen LogP) is 5.36. The van der Waals surface area contributed by atoms with Crippen molar-refractivity contribution in [2.24, 2.45) is 10.2 Å². The highest BCUT2D eigenvalue weighted by Gasteiger charge is 2.09. The highest BCUT2D eigenvalue weighted by atomic mass is 79.9. The number of nitrogens with zero attached hydrogens (tertiary/aromatic N) is 2. The topological polar surface area (TPSA) is 60.7 Å². The molecule has 0 aliphatic rings. The average molecular weight is 330 g/mol. The van der Waals surface area contributed by atoms with Crippen LogP contribution in [-0.4, -0.2) is 10.1 Å². The number of rotatable bonds is 2. The summed E-state index contributed by atoms with van der Waals surface area (Å²) in [5.74, 6) is 0.0313. The first-order valence-electron chi connectivity index (χ1n) is 6.13. The molecule has 0 saturated carbocycles. The van der Waals surface area contributed by atoms with Crippen LogP contribution in [0.25, 0.3) is 10.9 Å². The number of H-pyrrole nitrogens is 1. The number of nitrogens with one attached hydrogen (secondary N) is 1. The maximum absolute atomic E-state index is 9.89. The van der Waals surface area contributed by atoms with E-state index < -0.39 is 0 Å². The van der Waals surface area contributed by atoms with Crippen LogP contribution in [0.1, 0.15) is 5.56 Å². The van der Waals surface area contributed by atoms with Crippen LogP contribution in [0.2, 0.25) is 0 Å². The molecule has 3 rings (SSSR count). The molecule has 0 spiro atoms. The van der Waals surface area contributed by atoms with E-state index in [-0.39, 0.29) is 5.88 Å². The van der Waals surface area contributed by atoms with Crippen molar-refractivity contribution < 1.29 is 5.11 Å². The van der Waals surface area contributed by atoms with Crippen LogP contribution in [0.5, 0.6) is 5.88 Å². The van der Waals surface area contributed by atoms with Crippen LogP contribution in [-0.2, 0) is 0 Å². The smallest absolute Gasteiger partial charge is 0.218 e. The van der Waals surface area contributed by atoms with Crippen molar-refractivity contribution in [2.75, 3.05) is 0 Å². The maximum Gasteiger partial charge on any atom is 0.218 e. The highest BCUT2D eigenvalue weighted by molar-refractivity contribution is 9.10. The van der Waals surface area contributed by atoms with Crippen molar-refractivity contribution in [3.05, 3.63) is 52.5 Å². The van der Waals surface area contributed by atoms with E-state index in [1.54, 1.807) is 0 Å². The minimum Gasteiger partial charge on any atom is -0.493 e. The molecule has 20 heavy (non-hydrogen) atoms. The molecule has 2 N–H and O–H groups in total. The molecule has 0 aliphatic heterocycles. The van der Waals surface area contributed by atoms with E-state index in [0.29, 0.717) is 5.69 Å². The number of halogens is 1. The lowest BCUT2D eigenvalue weighted by Gasteiger charge is -1.98. The summed E-state index contributed by atoms with van der Waals surface area (Å²) in [6, 6.07) is 13.3. The van der Waals surface area contributed by atoms with Crippen LogP contribution >= 0.6 is 15.9 Å². The molecule has 5 heteroatoms. The van der Waals surface area contributed by atoms with E-state index >= 15 is 0 Å². The van der Waals surface area contributed by atoms with Gasteiger partial charge in [-0.1, -0.05) is 34.1 Å². The van der Waals surface area contributed by atoms with Crippen LogP contribution in [0.4, 0.5) is 11.4 Å². The molecule has 0 saturated heterocycles. The third-order valence-corrected chi connectivity index (χ3v) is 3.96. The fraction of sp³-hybridized carbons (Fsp3) is 0.0667. The van der Waals surface area contributed by atoms with Crippen molar-refractivity contribution in [1.29, 1.82) is 0 Å². The number of hydrogen-bond acceptors (Lipinski definition) is 3. The molecule has 1 heterocycles. The van der Waals surface area contributed by atoms with Gasteiger partial charge in [-0.15, -0.1) is 5.11 Å². The zero-order chi connectivity index (χ0) is 14.1. The normalized spacial score (nSPS) is 11.5. The Labute approximate surface area is 124 Å². The molecule has 0 fully saturated rings. The van der Waals surface area contributed by atoms with Gasteiger partial charge < -0.3 is 10.1 Å². The van der Waals surface area contributed by atoms with Crippen LogP contribution in [0, 0.1) is 6.92 Å². The largest absolute Gasteiger partial charge is 0.493 e. The zero-order valence-corrected chi connectivity index (χ0v) is 12.3. The van der Waals surface area contributed by atoms with Gasteiger partial charge in [0.2, 0.25) is 5.88 Å². The number of benzene rings is 2. The fourth-order valence-corrected chi connectivity index (χ4v) is 2.26. The van der Waals surface area contributed by atoms with Gasteiger partial charge in [-0.3, -0.25) is 0 Å². The molecule has 0 radical (unpaired) electrons. The number of aromatic hydroxyl groups is 1. The van der Waals surface area contributed by atoms with Gasteiger partial charge in [0.25, 0.3) is 0 Å². The molecular formula is C15H12BrN3O. The van der Waals surface area contributed by atoms with Gasteiger partial charge >= 0.3 is 0 Å². The molecule has 0 aliphatic carbocycles. The Kier molecular flexibility index (Phi) is 3.28. The van der Waals surface area contributed by atoms with E-state index in [1.807, 2.05) is 49.4 Å². The monoisotopic (exact) mass is 329 g/mol. The average Bonchev–Trinajstić information content (AvgIpc) is 2.76. The summed E-state index contributed by atoms with van der Waals surface area (Å²) in [5.41, 5.74) is 3.13. The Bertz CT molecular complexity index is 808. The van der Waals surface area contributed by atoms with Crippen LogP contribution in [0.3, 0.4) is 0 Å². The van der Waals surface area contributed by atoms with E-state index in [0.717, 1.165) is 26.6 Å². The van der Waals surface area contributed by atoms with Crippen molar-refractivity contribution in [2.45, 2.75) is 6.92 Å². The summed E-state index contributed by atoms with van der Waals surface area (Å²) in [7, 11) is 0. The van der Waals surface area contributed by atoms with Gasteiger partial charge in [0.05, 0.1) is 11.2 Å². The van der Waals surface area contributed by atoms with Crippen LogP contribution in [0.15, 0.2) is 57.2 Å². The Morgan fingerprint density at radius 2 is 1.90 bits per heavy atom. The van der Waals surface area contributed by atoms with Crippen molar-refractivity contribution >= 4 is 38.2 Å². The van der Waals surface area contributed by atoms with Crippen LogP contribution < -0.4 is 0 Å². The first-order valence-corrected chi connectivity index (χ1v) is 6.92. The number of hydrogen-bond donors (Lipinski definition) is 2. The highest BCUT2D eigenvalue weighted by Crippen LogP contribution is 2.36. The predicted molar refractivity (Wildman–Crippen MR) is 83.0 cm³/mol. The Hall–Kier alpha value is -2.14. The van der Waals surface area contributed by atoms with Crippen molar-refractivity contribution in [3.63, 3.8) is 0 Å². The number of azo groups is 1. The number of fused-ring (bicyclic) bond motifs is 1. The summed E-state index contributed by atoms with van der Waals surface area (Å²) >= 11 is 3.45. The van der Waals surface area contributed by atoms with Gasteiger partial charge in [-0.25, -0.2) is 0 Å². The quantitative estimate of drug-likeness (QED) is 0.611. The fourth-order valence-electron chi connectivity index (χ4n) is 2.01. The Morgan fingerprint density at radius 3 is 2.70 bits per heavy atom. The molecule has 2 aromatic carbocycles. The molecule has 100 valence electrons. The molecule has 0 unspecified atom stereocenters. The SMILES string of the molecule is Cc1cc(N=Nc2c(O)[nH]c3ccccc23)ccc1Br. The second kappa shape index (κ2) is 5.09. The van der Waals surface area contributed by atoms with E-state index in [4.69, 9.17) is 0 Å². The van der Waals surface area contributed by atoms with E-state index in [2.05, 4.69) is 31.1 Å². The molecule has 0 bridgehead atoms.